The zero-order valence-electron chi connectivity index (χ0n) is 12.7. The van der Waals surface area contributed by atoms with E-state index < -0.39 is 0 Å². The van der Waals surface area contributed by atoms with Gasteiger partial charge in [-0.25, -0.2) is 4.98 Å². The second-order valence-corrected chi connectivity index (χ2v) is 6.77. The first-order chi connectivity index (χ1) is 10.0. The van der Waals surface area contributed by atoms with Crippen molar-refractivity contribution in [1.29, 1.82) is 0 Å². The molecule has 2 heterocycles. The van der Waals surface area contributed by atoms with Gasteiger partial charge in [-0.1, -0.05) is 39.0 Å². The van der Waals surface area contributed by atoms with Crippen LogP contribution in [0.3, 0.4) is 0 Å². The molecule has 2 N–H and O–H groups in total. The third-order valence-electron chi connectivity index (χ3n) is 3.23. The normalized spacial score (nSPS) is 10.7. The van der Waals surface area contributed by atoms with Crippen LogP contribution in [0.2, 0.25) is 0 Å². The topological polar surface area (TPSA) is 40.7 Å². The Morgan fingerprint density at radius 1 is 1.23 bits per heavy atom. The molecule has 0 aliphatic heterocycles. The fraction of sp³-hybridized carbons (Fsp3) is 0.235. The van der Waals surface area contributed by atoms with E-state index >= 15 is 0 Å². The molecule has 0 fully saturated rings. The average molecular weight is 376 g/mol. The summed E-state index contributed by atoms with van der Waals surface area (Å²) < 4.78 is 0. The highest BCUT2D eigenvalue weighted by atomic mass is 79.9. The number of para-hydroxylation sites is 1. The Labute approximate surface area is 144 Å². The minimum absolute atomic E-state index is 0. The Kier molecular flexibility index (Phi) is 4.94. The average Bonchev–Trinajstić information content (AvgIpc) is 3.06. The highest BCUT2D eigenvalue weighted by Gasteiger charge is 2.16. The zero-order chi connectivity index (χ0) is 14.9. The van der Waals surface area contributed by atoms with Crippen molar-refractivity contribution in [3.05, 3.63) is 47.1 Å². The number of aromatic nitrogens is 2. The third kappa shape index (κ3) is 3.52. The Morgan fingerprint density at radius 3 is 2.73 bits per heavy atom. The number of halogens is 1. The van der Waals surface area contributed by atoms with Gasteiger partial charge in [0, 0.05) is 33.9 Å². The van der Waals surface area contributed by atoms with E-state index in [1.807, 2.05) is 24.4 Å². The van der Waals surface area contributed by atoms with Gasteiger partial charge in [0.1, 0.15) is 0 Å². The smallest absolute Gasteiger partial charge is 0.194 e. The molecule has 3 nitrogen and oxygen atoms in total. The lowest BCUT2D eigenvalue weighted by Crippen LogP contribution is -2.11. The summed E-state index contributed by atoms with van der Waals surface area (Å²) in [6.07, 6.45) is 1.93. The van der Waals surface area contributed by atoms with Crippen LogP contribution in [0.15, 0.2) is 35.8 Å². The second kappa shape index (κ2) is 6.55. The van der Waals surface area contributed by atoms with Gasteiger partial charge >= 0.3 is 0 Å². The van der Waals surface area contributed by atoms with Crippen LogP contribution in [0.25, 0.3) is 10.9 Å². The summed E-state index contributed by atoms with van der Waals surface area (Å²) in [5.41, 5.74) is 3.25. The molecule has 114 valence electrons. The first-order valence-corrected chi connectivity index (χ1v) is 7.71. The van der Waals surface area contributed by atoms with E-state index in [4.69, 9.17) is 0 Å². The van der Waals surface area contributed by atoms with Crippen molar-refractivity contribution in [2.75, 3.05) is 5.32 Å². The lowest BCUT2D eigenvalue weighted by Gasteiger charge is -2.13. The molecular formula is C17H18BrN3S. The van der Waals surface area contributed by atoms with Crippen LogP contribution >= 0.6 is 28.3 Å². The van der Waals surface area contributed by atoms with Gasteiger partial charge in [0.25, 0.3) is 0 Å². The van der Waals surface area contributed by atoms with Crippen LogP contribution < -0.4 is 5.32 Å². The molecule has 0 spiro atoms. The standard InChI is InChI=1S/C17H17N3S.BrH/c1-17(2,3)15-11-21-16(20-15)18-9-8-12-10-19-14-7-5-4-6-13(12)14;/h4-7,10-11,19H,1-3H3,(H,18,20);1H. The van der Waals surface area contributed by atoms with Crippen molar-refractivity contribution in [1.82, 2.24) is 9.97 Å². The molecule has 0 saturated heterocycles. The van der Waals surface area contributed by atoms with Crippen LogP contribution in [0.4, 0.5) is 5.13 Å². The summed E-state index contributed by atoms with van der Waals surface area (Å²) in [4.78, 5) is 7.78. The quantitative estimate of drug-likeness (QED) is 0.468. The molecule has 0 atom stereocenters. The van der Waals surface area contributed by atoms with Crippen molar-refractivity contribution in [3.63, 3.8) is 0 Å². The maximum absolute atomic E-state index is 4.56. The maximum Gasteiger partial charge on any atom is 0.194 e. The van der Waals surface area contributed by atoms with Crippen LogP contribution in [0.1, 0.15) is 32.0 Å². The number of hydrogen-bond acceptors (Lipinski definition) is 3. The molecule has 0 amide bonds. The fourth-order valence-corrected chi connectivity index (χ4v) is 2.89. The first kappa shape index (κ1) is 16.6. The van der Waals surface area contributed by atoms with Gasteiger partial charge in [-0.3, -0.25) is 5.32 Å². The molecule has 0 saturated carbocycles. The molecule has 3 rings (SSSR count). The van der Waals surface area contributed by atoms with E-state index in [1.165, 1.54) is 0 Å². The number of anilines is 1. The van der Waals surface area contributed by atoms with Gasteiger partial charge in [0.15, 0.2) is 5.13 Å². The number of fused-ring (bicyclic) bond motifs is 1. The maximum atomic E-state index is 4.56. The van der Waals surface area contributed by atoms with Crippen LogP contribution in [-0.4, -0.2) is 9.97 Å². The summed E-state index contributed by atoms with van der Waals surface area (Å²) in [5, 5.41) is 7.13. The number of hydrogen-bond donors (Lipinski definition) is 2. The molecule has 0 unspecified atom stereocenters. The van der Waals surface area contributed by atoms with E-state index in [1.54, 1.807) is 11.3 Å². The van der Waals surface area contributed by atoms with E-state index in [0.717, 1.165) is 27.3 Å². The van der Waals surface area contributed by atoms with Gasteiger partial charge in [-0.2, -0.15) is 0 Å². The molecule has 0 bridgehead atoms. The Hall–Kier alpha value is -1.77. The van der Waals surface area contributed by atoms with Gasteiger partial charge in [-0.05, 0) is 12.0 Å². The monoisotopic (exact) mass is 375 g/mol. The lowest BCUT2D eigenvalue weighted by molar-refractivity contribution is 0.573. The van der Waals surface area contributed by atoms with Gasteiger partial charge in [-0.15, -0.1) is 28.3 Å². The highest BCUT2D eigenvalue weighted by molar-refractivity contribution is 8.93. The Morgan fingerprint density at radius 2 is 2.00 bits per heavy atom. The summed E-state index contributed by atoms with van der Waals surface area (Å²) in [5.74, 6) is 3.14. The predicted molar refractivity (Wildman–Crippen MR) is 99.9 cm³/mol. The first-order valence-electron chi connectivity index (χ1n) is 6.83. The van der Waals surface area contributed by atoms with Crippen LogP contribution in [0, 0.1) is 12.0 Å². The molecule has 0 radical (unpaired) electrons. The minimum atomic E-state index is 0. The number of benzene rings is 1. The molecule has 3 aromatic rings. The van der Waals surface area contributed by atoms with Crippen molar-refractivity contribution >= 4 is 44.4 Å². The highest BCUT2D eigenvalue weighted by Crippen LogP contribution is 2.26. The Bertz CT molecular complexity index is 831. The van der Waals surface area contributed by atoms with Gasteiger partial charge in [0.05, 0.1) is 11.3 Å². The zero-order valence-corrected chi connectivity index (χ0v) is 15.3. The summed E-state index contributed by atoms with van der Waals surface area (Å²) in [7, 11) is 0. The number of nitrogens with zero attached hydrogens (tertiary/aromatic N) is 1. The molecule has 5 heteroatoms. The number of thiazole rings is 1. The van der Waals surface area contributed by atoms with E-state index in [2.05, 4.69) is 59.5 Å². The lowest BCUT2D eigenvalue weighted by atomic mass is 9.93. The largest absolute Gasteiger partial charge is 0.360 e. The summed E-state index contributed by atoms with van der Waals surface area (Å²) >= 11 is 1.58. The molecule has 0 aliphatic rings. The molecule has 2 aromatic heterocycles. The summed E-state index contributed by atoms with van der Waals surface area (Å²) in [6.45, 7) is 6.47. The third-order valence-corrected chi connectivity index (χ3v) is 3.99. The van der Waals surface area contributed by atoms with Crippen molar-refractivity contribution in [2.24, 2.45) is 0 Å². The predicted octanol–water partition coefficient (Wildman–Crippen LogP) is 4.92. The van der Waals surface area contributed by atoms with Crippen LogP contribution in [0.5, 0.6) is 0 Å². The number of nitrogens with one attached hydrogen (secondary N) is 2. The van der Waals surface area contributed by atoms with E-state index in [0.29, 0.717) is 0 Å². The van der Waals surface area contributed by atoms with Gasteiger partial charge < -0.3 is 4.98 Å². The van der Waals surface area contributed by atoms with Crippen LogP contribution in [-0.2, 0) is 5.41 Å². The number of aromatic amines is 1. The molecule has 22 heavy (non-hydrogen) atoms. The van der Waals surface area contributed by atoms with Crippen molar-refractivity contribution in [2.45, 2.75) is 26.2 Å². The summed E-state index contributed by atoms with van der Waals surface area (Å²) in [6, 6.07) is 11.1. The van der Waals surface area contributed by atoms with Gasteiger partial charge in [0.2, 0.25) is 0 Å². The van der Waals surface area contributed by atoms with Crippen molar-refractivity contribution in [3.8, 4) is 12.0 Å². The fourth-order valence-electron chi connectivity index (χ4n) is 2.00. The van der Waals surface area contributed by atoms with E-state index in [9.17, 15) is 0 Å². The number of rotatable bonds is 1. The minimum Gasteiger partial charge on any atom is -0.360 e. The number of H-pyrrole nitrogens is 1. The molecule has 1 aromatic carbocycles. The van der Waals surface area contributed by atoms with Crippen molar-refractivity contribution < 1.29 is 0 Å². The second-order valence-electron chi connectivity index (χ2n) is 5.91. The van der Waals surface area contributed by atoms with E-state index in [-0.39, 0.29) is 22.4 Å². The Balaban J connectivity index is 0.00000176. The molecule has 0 aliphatic carbocycles. The SMILES string of the molecule is Br.CC(C)(C)c1csc(NC#Cc2c[nH]c3ccccc23)n1. The molecular weight excluding hydrogens is 358 g/mol.